The van der Waals surface area contributed by atoms with Crippen LogP contribution < -0.4 is 26.5 Å². The average molecular weight is 573 g/mol. The van der Waals surface area contributed by atoms with Crippen molar-refractivity contribution in [2.45, 2.75) is 18.0 Å². The Morgan fingerprint density at radius 2 is 2.18 bits per heavy atom. The molecule has 1 unspecified atom stereocenters. The van der Waals surface area contributed by atoms with E-state index in [1.165, 1.54) is 35.6 Å². The molecule has 38 heavy (non-hydrogen) atoms. The van der Waals surface area contributed by atoms with Gasteiger partial charge in [0.15, 0.2) is 34.9 Å². The molecule has 0 spiro atoms. The molecule has 2 atom stereocenters. The van der Waals surface area contributed by atoms with Gasteiger partial charge in [0, 0.05) is 17.2 Å². The molecule has 0 saturated carbocycles. The Balaban J connectivity index is 1.30. The molecule has 16 heteroatoms. The number of carbonyl (C=O) groups excluding carboxylic acids is 3. The zero-order valence-electron chi connectivity index (χ0n) is 19.7. The summed E-state index contributed by atoms with van der Waals surface area (Å²) in [6, 6.07) is 0.946. The molecule has 0 aromatic carbocycles. The normalized spacial score (nSPS) is 19.6. The number of oxime groups is 1. The smallest absolute Gasteiger partial charge is 0.276 e. The van der Waals surface area contributed by atoms with Crippen LogP contribution in [-0.2, 0) is 25.8 Å². The number of carboxylic acid groups (broad SMARTS) is 1. The third-order valence-corrected chi connectivity index (χ3v) is 8.52. The summed E-state index contributed by atoms with van der Waals surface area (Å²) in [5.74, 6) is -2.44. The first kappa shape index (κ1) is 25.6. The molecule has 1 saturated heterocycles. The van der Waals surface area contributed by atoms with E-state index in [-0.39, 0.29) is 22.2 Å². The maximum atomic E-state index is 13.0. The van der Waals surface area contributed by atoms with Crippen molar-refractivity contribution in [1.29, 1.82) is 0 Å². The third-order valence-electron chi connectivity index (χ3n) is 5.68. The highest BCUT2D eigenvalue weighted by Crippen LogP contribution is 2.40. The molecule has 2 aliphatic rings. The molecule has 0 aliphatic carbocycles. The number of β-lactam (4-membered cyclic amide) rings is 1. The molecule has 2 aliphatic heterocycles. The van der Waals surface area contributed by atoms with Gasteiger partial charge < -0.3 is 31.5 Å². The SMILES string of the molecule is CO/N=C(\C(=O)NC1C(=O)N2C(C(=O)[O-])=C(/C=C/C[n+]3ccc4sc(N)nc4c3)CS[C@H]12)c1csc(N)n1. The minimum absolute atomic E-state index is 0.150. The van der Waals surface area contributed by atoms with Crippen molar-refractivity contribution >= 4 is 78.4 Å². The first-order chi connectivity index (χ1) is 18.3. The van der Waals surface area contributed by atoms with E-state index in [1.54, 1.807) is 12.2 Å². The van der Waals surface area contributed by atoms with Crippen molar-refractivity contribution in [2.24, 2.45) is 5.16 Å². The number of nitrogens with one attached hydrogen (secondary N) is 1. The maximum absolute atomic E-state index is 13.0. The first-order valence-electron chi connectivity index (χ1n) is 11.0. The van der Waals surface area contributed by atoms with Crippen LogP contribution >= 0.6 is 34.4 Å². The van der Waals surface area contributed by atoms with Crippen LogP contribution in [0.3, 0.4) is 0 Å². The number of hydrogen-bond acceptors (Lipinski definition) is 13. The van der Waals surface area contributed by atoms with Gasteiger partial charge >= 0.3 is 0 Å². The summed E-state index contributed by atoms with van der Waals surface area (Å²) < 4.78 is 2.85. The Kier molecular flexibility index (Phi) is 7.00. The van der Waals surface area contributed by atoms with E-state index >= 15 is 0 Å². The van der Waals surface area contributed by atoms with E-state index in [2.05, 4.69) is 20.4 Å². The second-order valence-electron chi connectivity index (χ2n) is 8.06. The summed E-state index contributed by atoms with van der Waals surface area (Å²) in [6.07, 6.45) is 7.17. The standard InChI is InChI=1S/C22H20N8O5S3/c1-35-28-14(12-9-37-21(23)26-12)17(31)27-15-18(32)30-16(20(33)34)10(8-36-19(15)30)3-2-5-29-6-4-13-11(7-29)25-22(24)38-13/h2-4,6-7,9,15,19H,5,8H2,1H3,(H5-,23,24,25,26,27,31,33,34)/b3-2+,28-14-/t15?,19-/m1/s1. The molecule has 2 amide bonds. The summed E-state index contributed by atoms with van der Waals surface area (Å²) in [4.78, 5) is 52.0. The Morgan fingerprint density at radius 3 is 2.89 bits per heavy atom. The number of anilines is 2. The number of allylic oxidation sites excluding steroid dienone is 2. The monoisotopic (exact) mass is 572 g/mol. The predicted molar refractivity (Wildman–Crippen MR) is 140 cm³/mol. The molecule has 5 rings (SSSR count). The number of fused-ring (bicyclic) bond motifs is 2. The second-order valence-corrected chi connectivity index (χ2v) is 11.1. The highest BCUT2D eigenvalue weighted by atomic mass is 32.2. The number of aliphatic carboxylic acids is 1. The van der Waals surface area contributed by atoms with Crippen LogP contribution in [0, 0.1) is 0 Å². The Morgan fingerprint density at radius 1 is 1.37 bits per heavy atom. The van der Waals surface area contributed by atoms with Gasteiger partial charge in [0.2, 0.25) is 0 Å². The lowest BCUT2D eigenvalue weighted by Crippen LogP contribution is -2.71. The molecule has 3 aromatic heterocycles. The first-order valence-corrected chi connectivity index (χ1v) is 13.8. The summed E-state index contributed by atoms with van der Waals surface area (Å²) in [5, 5.41) is 20.0. The summed E-state index contributed by atoms with van der Waals surface area (Å²) in [7, 11) is 1.27. The number of carbonyl (C=O) groups is 3. The van der Waals surface area contributed by atoms with Crippen LogP contribution in [0.5, 0.6) is 0 Å². The van der Waals surface area contributed by atoms with E-state index in [1.807, 2.05) is 23.0 Å². The number of hydrogen-bond donors (Lipinski definition) is 3. The lowest BCUT2D eigenvalue weighted by Gasteiger charge is -2.50. The number of nitrogens with two attached hydrogens (primary N) is 2. The van der Waals surface area contributed by atoms with Crippen LogP contribution in [0.15, 0.2) is 52.4 Å². The maximum Gasteiger partial charge on any atom is 0.276 e. The number of nitrogens with zero attached hydrogens (tertiary/aromatic N) is 5. The second kappa shape index (κ2) is 10.4. The fourth-order valence-corrected chi connectivity index (χ4v) is 6.60. The van der Waals surface area contributed by atoms with Gasteiger partial charge in [0.05, 0.1) is 16.4 Å². The fraction of sp³-hybridized carbons (Fsp3) is 0.227. The molecule has 0 bridgehead atoms. The minimum atomic E-state index is -1.47. The molecular formula is C22H20N8O5S3. The van der Waals surface area contributed by atoms with Gasteiger partial charge in [-0.25, -0.2) is 9.97 Å². The number of rotatable bonds is 8. The van der Waals surface area contributed by atoms with E-state index < -0.39 is 29.2 Å². The number of pyridine rings is 1. The van der Waals surface area contributed by atoms with Crippen LogP contribution in [0.25, 0.3) is 10.2 Å². The fourth-order valence-electron chi connectivity index (χ4n) is 4.03. The zero-order chi connectivity index (χ0) is 27.0. The Labute approximate surface area is 227 Å². The van der Waals surface area contributed by atoms with Crippen molar-refractivity contribution < 1.29 is 28.9 Å². The summed E-state index contributed by atoms with van der Waals surface area (Å²) in [6.45, 7) is 0.445. The van der Waals surface area contributed by atoms with Gasteiger partial charge in [0.1, 0.15) is 29.7 Å². The molecule has 13 nitrogen and oxygen atoms in total. The van der Waals surface area contributed by atoms with Gasteiger partial charge in [-0.1, -0.05) is 22.6 Å². The molecule has 5 N–H and O–H groups in total. The predicted octanol–water partition coefficient (Wildman–Crippen LogP) is -0.784. The zero-order valence-corrected chi connectivity index (χ0v) is 22.1. The number of thioether (sulfide) groups is 1. The Hall–Kier alpha value is -4.02. The molecule has 0 radical (unpaired) electrons. The van der Waals surface area contributed by atoms with Crippen LogP contribution in [0.1, 0.15) is 5.69 Å². The highest BCUT2D eigenvalue weighted by Gasteiger charge is 2.53. The van der Waals surface area contributed by atoms with Gasteiger partial charge in [-0.3, -0.25) is 14.5 Å². The number of amides is 2. The summed E-state index contributed by atoms with van der Waals surface area (Å²) in [5.41, 5.74) is 12.4. The van der Waals surface area contributed by atoms with Gasteiger partial charge in [0.25, 0.3) is 11.8 Å². The van der Waals surface area contributed by atoms with Crippen molar-refractivity contribution in [3.63, 3.8) is 0 Å². The molecule has 196 valence electrons. The largest absolute Gasteiger partial charge is 0.543 e. The van der Waals surface area contributed by atoms with Crippen LogP contribution in [0.2, 0.25) is 0 Å². The van der Waals surface area contributed by atoms with E-state index in [4.69, 9.17) is 16.3 Å². The van der Waals surface area contributed by atoms with Crippen LogP contribution in [0.4, 0.5) is 10.3 Å². The van der Waals surface area contributed by atoms with E-state index in [0.717, 1.165) is 26.5 Å². The lowest BCUT2D eigenvalue weighted by atomic mass is 10.0. The number of aromatic nitrogens is 3. The van der Waals surface area contributed by atoms with Gasteiger partial charge in [-0.15, -0.1) is 23.1 Å². The third kappa shape index (κ3) is 4.80. The number of thiazole rings is 2. The quantitative estimate of drug-likeness (QED) is 0.133. The Bertz CT molecular complexity index is 1540. The van der Waals surface area contributed by atoms with E-state index in [0.29, 0.717) is 23.0 Å². The average Bonchev–Trinajstić information content (AvgIpc) is 3.48. The molecule has 1 fully saturated rings. The highest BCUT2D eigenvalue weighted by molar-refractivity contribution is 8.00. The van der Waals surface area contributed by atoms with Crippen molar-refractivity contribution in [3.05, 3.63) is 53.0 Å². The molecular weight excluding hydrogens is 552 g/mol. The van der Waals surface area contributed by atoms with Crippen molar-refractivity contribution in [1.82, 2.24) is 20.2 Å². The van der Waals surface area contributed by atoms with E-state index in [9.17, 15) is 19.5 Å². The number of carboxylic acids is 1. The number of nitrogen functional groups attached to an aromatic ring is 2. The molecule has 5 heterocycles. The molecule has 3 aromatic rings. The van der Waals surface area contributed by atoms with Crippen LogP contribution in [-0.4, -0.2) is 62.6 Å². The minimum Gasteiger partial charge on any atom is -0.543 e. The summed E-state index contributed by atoms with van der Waals surface area (Å²) >= 11 is 3.84. The van der Waals surface area contributed by atoms with Gasteiger partial charge in [-0.05, 0) is 11.6 Å². The lowest BCUT2D eigenvalue weighted by molar-refractivity contribution is -0.685. The van der Waals surface area contributed by atoms with Gasteiger partial charge in [-0.2, -0.15) is 4.57 Å². The topological polar surface area (TPSA) is 193 Å². The van der Waals surface area contributed by atoms with Crippen molar-refractivity contribution in [2.75, 3.05) is 24.3 Å². The van der Waals surface area contributed by atoms with Crippen molar-refractivity contribution in [3.8, 4) is 0 Å².